The van der Waals surface area contributed by atoms with Gasteiger partial charge in [0.15, 0.2) is 5.76 Å². The number of rotatable bonds is 5. The summed E-state index contributed by atoms with van der Waals surface area (Å²) >= 11 is 6.58. The summed E-state index contributed by atoms with van der Waals surface area (Å²) in [7, 11) is 0. The molecule has 0 unspecified atom stereocenters. The van der Waals surface area contributed by atoms with Gasteiger partial charge in [-0.05, 0) is 30.5 Å². The molecule has 3 aromatic rings. The molecule has 0 radical (unpaired) electrons. The smallest absolute Gasteiger partial charge is 0.319 e. The number of hydrogen-bond acceptors (Lipinski definition) is 4. The SMILES string of the molecule is O=C1Nc2c(Cl)cc3cc(C(=O)N(CCO)Cc4ccccc4)oc3c2C2(CCCCC2)N1. The van der Waals surface area contributed by atoms with Crippen LogP contribution in [0, 0.1) is 0 Å². The van der Waals surface area contributed by atoms with Gasteiger partial charge in [-0.2, -0.15) is 0 Å². The molecule has 3 N–H and O–H groups in total. The molecule has 1 aromatic heterocycles. The van der Waals surface area contributed by atoms with Gasteiger partial charge < -0.3 is 25.1 Å². The standard InChI is InChI=1S/C25H26ClN3O4/c26-18-13-17-14-19(23(31)29(11-12-30)15-16-7-3-1-4-8-16)33-22(17)20-21(18)27-24(32)28-25(20)9-5-2-6-10-25/h1,3-4,7-8,13-14,30H,2,5-6,9-12,15H2,(H2,27,28,32). The minimum Gasteiger partial charge on any atom is -0.450 e. The first kappa shape index (κ1) is 21.8. The van der Waals surface area contributed by atoms with Crippen molar-refractivity contribution in [2.45, 2.75) is 44.2 Å². The van der Waals surface area contributed by atoms with Crippen LogP contribution in [0.5, 0.6) is 0 Å². The van der Waals surface area contributed by atoms with Crippen LogP contribution in [0.25, 0.3) is 11.0 Å². The Morgan fingerprint density at radius 3 is 2.64 bits per heavy atom. The molecule has 1 aliphatic carbocycles. The van der Waals surface area contributed by atoms with Crippen LogP contribution >= 0.6 is 11.6 Å². The molecule has 2 aromatic carbocycles. The number of hydrogen-bond donors (Lipinski definition) is 3. The van der Waals surface area contributed by atoms with E-state index in [4.69, 9.17) is 16.0 Å². The van der Waals surface area contributed by atoms with E-state index in [-0.39, 0.29) is 30.9 Å². The highest BCUT2D eigenvalue weighted by Gasteiger charge is 2.44. The van der Waals surface area contributed by atoms with E-state index in [1.807, 2.05) is 30.3 Å². The number of nitrogens with zero attached hydrogens (tertiary/aromatic N) is 1. The third-order valence-corrected chi connectivity index (χ3v) is 6.92. The molecule has 5 rings (SSSR count). The van der Waals surface area contributed by atoms with E-state index in [2.05, 4.69) is 10.6 Å². The third kappa shape index (κ3) is 3.96. The first-order valence-corrected chi connectivity index (χ1v) is 11.7. The van der Waals surface area contributed by atoms with Gasteiger partial charge in [-0.3, -0.25) is 4.79 Å². The van der Waals surface area contributed by atoms with E-state index in [9.17, 15) is 14.7 Å². The Morgan fingerprint density at radius 2 is 1.91 bits per heavy atom. The monoisotopic (exact) mass is 467 g/mol. The van der Waals surface area contributed by atoms with Gasteiger partial charge in [0, 0.05) is 24.0 Å². The lowest BCUT2D eigenvalue weighted by Gasteiger charge is -2.42. The summed E-state index contributed by atoms with van der Waals surface area (Å²) in [6, 6.07) is 12.8. The van der Waals surface area contributed by atoms with E-state index in [1.54, 1.807) is 17.0 Å². The molecule has 1 saturated carbocycles. The molecular weight excluding hydrogens is 442 g/mol. The largest absolute Gasteiger partial charge is 0.450 e. The first-order valence-electron chi connectivity index (χ1n) is 11.3. The Kier molecular flexibility index (Phi) is 5.76. The van der Waals surface area contributed by atoms with Gasteiger partial charge in [0.25, 0.3) is 5.91 Å². The first-order chi connectivity index (χ1) is 16.0. The Balaban J connectivity index is 1.58. The molecule has 3 amide bonds. The second-order valence-corrected chi connectivity index (χ2v) is 9.20. The number of furan rings is 1. The van der Waals surface area contributed by atoms with Crippen molar-refractivity contribution >= 4 is 40.2 Å². The van der Waals surface area contributed by atoms with E-state index in [0.29, 0.717) is 28.2 Å². The van der Waals surface area contributed by atoms with Crippen LogP contribution < -0.4 is 10.6 Å². The second-order valence-electron chi connectivity index (χ2n) is 8.80. The lowest BCUT2D eigenvalue weighted by molar-refractivity contribution is 0.0678. The van der Waals surface area contributed by atoms with Crippen LogP contribution in [-0.2, 0) is 12.1 Å². The van der Waals surface area contributed by atoms with Crippen molar-refractivity contribution in [3.63, 3.8) is 0 Å². The molecular formula is C25H26ClN3O4. The van der Waals surface area contributed by atoms with Crippen LogP contribution in [0.15, 0.2) is 46.9 Å². The zero-order valence-electron chi connectivity index (χ0n) is 18.2. The van der Waals surface area contributed by atoms with Crippen LogP contribution in [-0.4, -0.2) is 35.1 Å². The van der Waals surface area contributed by atoms with Crippen molar-refractivity contribution in [3.8, 4) is 0 Å². The number of carbonyl (C=O) groups is 2. The molecule has 0 bridgehead atoms. The normalized spacial score (nSPS) is 16.8. The predicted octanol–water partition coefficient (Wildman–Crippen LogP) is 5.02. The van der Waals surface area contributed by atoms with Crippen molar-refractivity contribution < 1.29 is 19.1 Å². The molecule has 8 heteroatoms. The van der Waals surface area contributed by atoms with Gasteiger partial charge in [-0.25, -0.2) is 4.79 Å². The molecule has 0 atom stereocenters. The Labute approximate surface area is 196 Å². The van der Waals surface area contributed by atoms with Gasteiger partial charge in [0.2, 0.25) is 0 Å². The highest BCUT2D eigenvalue weighted by atomic mass is 35.5. The van der Waals surface area contributed by atoms with Gasteiger partial charge in [0.1, 0.15) is 5.58 Å². The highest BCUT2D eigenvalue weighted by Crippen LogP contribution is 2.49. The Hall–Kier alpha value is -3.03. The molecule has 172 valence electrons. The number of amides is 3. The molecule has 33 heavy (non-hydrogen) atoms. The third-order valence-electron chi connectivity index (χ3n) is 6.62. The fourth-order valence-corrected chi connectivity index (χ4v) is 5.38. The zero-order valence-corrected chi connectivity index (χ0v) is 19.0. The summed E-state index contributed by atoms with van der Waals surface area (Å²) in [4.78, 5) is 27.4. The lowest BCUT2D eigenvalue weighted by Crippen LogP contribution is -2.52. The van der Waals surface area contributed by atoms with Gasteiger partial charge in [0.05, 0.1) is 22.9 Å². The molecule has 1 spiro atoms. The topological polar surface area (TPSA) is 94.8 Å². The lowest BCUT2D eigenvalue weighted by atomic mass is 9.74. The van der Waals surface area contributed by atoms with Crippen molar-refractivity contribution in [1.29, 1.82) is 0 Å². The summed E-state index contributed by atoms with van der Waals surface area (Å²) in [5.41, 5.74) is 2.34. The molecule has 2 heterocycles. The molecule has 1 aliphatic heterocycles. The minimum atomic E-state index is -0.563. The van der Waals surface area contributed by atoms with E-state index >= 15 is 0 Å². The number of aliphatic hydroxyl groups excluding tert-OH is 1. The molecule has 0 saturated heterocycles. The summed E-state index contributed by atoms with van der Waals surface area (Å²) in [6.07, 6.45) is 4.67. The molecule has 2 aliphatic rings. The summed E-state index contributed by atoms with van der Waals surface area (Å²) in [6.45, 7) is 0.391. The zero-order chi connectivity index (χ0) is 23.0. The Bertz CT molecular complexity index is 1200. The minimum absolute atomic E-state index is 0.154. The molecule has 1 fully saturated rings. The van der Waals surface area contributed by atoms with E-state index in [0.717, 1.165) is 43.2 Å². The van der Waals surface area contributed by atoms with Gasteiger partial charge in [-0.1, -0.05) is 61.2 Å². The maximum absolute atomic E-state index is 13.4. The van der Waals surface area contributed by atoms with Crippen molar-refractivity contribution in [2.75, 3.05) is 18.5 Å². The summed E-state index contributed by atoms with van der Waals surface area (Å²) < 4.78 is 6.19. The van der Waals surface area contributed by atoms with Crippen LogP contribution in [0.4, 0.5) is 10.5 Å². The summed E-state index contributed by atoms with van der Waals surface area (Å²) in [5.74, 6) is -0.124. The maximum atomic E-state index is 13.4. The number of aliphatic hydroxyl groups is 1. The van der Waals surface area contributed by atoms with Gasteiger partial charge in [-0.15, -0.1) is 0 Å². The summed E-state index contributed by atoms with van der Waals surface area (Å²) in [5, 5.41) is 16.6. The fraction of sp³-hybridized carbons (Fsp3) is 0.360. The Morgan fingerprint density at radius 1 is 1.15 bits per heavy atom. The van der Waals surface area contributed by atoms with Crippen LogP contribution in [0.1, 0.15) is 53.8 Å². The molecule has 7 nitrogen and oxygen atoms in total. The number of halogens is 1. The number of carbonyl (C=O) groups excluding carboxylic acids is 2. The number of benzene rings is 2. The van der Waals surface area contributed by atoms with E-state index in [1.165, 1.54) is 0 Å². The predicted molar refractivity (Wildman–Crippen MR) is 126 cm³/mol. The number of urea groups is 1. The average molecular weight is 468 g/mol. The van der Waals surface area contributed by atoms with E-state index < -0.39 is 5.54 Å². The number of nitrogens with one attached hydrogen (secondary N) is 2. The van der Waals surface area contributed by atoms with Crippen molar-refractivity contribution in [3.05, 3.63) is 64.4 Å². The van der Waals surface area contributed by atoms with Crippen molar-refractivity contribution in [2.24, 2.45) is 0 Å². The highest BCUT2D eigenvalue weighted by molar-refractivity contribution is 6.35. The van der Waals surface area contributed by atoms with Gasteiger partial charge >= 0.3 is 6.03 Å². The quantitative estimate of drug-likeness (QED) is 0.491. The number of fused-ring (bicyclic) bond motifs is 4. The fourth-order valence-electron chi connectivity index (χ4n) is 5.12. The maximum Gasteiger partial charge on any atom is 0.319 e. The van der Waals surface area contributed by atoms with Crippen molar-refractivity contribution in [1.82, 2.24) is 10.2 Å². The number of anilines is 1. The second kappa shape index (κ2) is 8.72. The van der Waals surface area contributed by atoms with Crippen LogP contribution in [0.2, 0.25) is 5.02 Å². The average Bonchev–Trinajstić information content (AvgIpc) is 3.23. The van der Waals surface area contributed by atoms with Crippen LogP contribution in [0.3, 0.4) is 0 Å².